The number of para-hydroxylation sites is 2. The van der Waals surface area contributed by atoms with Crippen LogP contribution in [-0.4, -0.2) is 25.7 Å². The van der Waals surface area contributed by atoms with Gasteiger partial charge in [0.25, 0.3) is 5.91 Å². The average molecular weight is 431 g/mol. The van der Waals surface area contributed by atoms with Gasteiger partial charge in [0, 0.05) is 35.8 Å². The number of pyridine rings is 1. The molecule has 3 N–H and O–H groups in total. The maximum absolute atomic E-state index is 12.5. The summed E-state index contributed by atoms with van der Waals surface area (Å²) in [6.07, 6.45) is 3.50. The first kappa shape index (κ1) is 20.6. The molecule has 0 aliphatic rings. The lowest BCUT2D eigenvalue weighted by atomic mass is 10.1. The smallest absolute Gasteiger partial charge is 0.255 e. The molecule has 0 aliphatic heterocycles. The van der Waals surface area contributed by atoms with Gasteiger partial charge in [0.05, 0.1) is 11.4 Å². The molecule has 2 aromatic carbocycles. The molecule has 4 aromatic rings. The van der Waals surface area contributed by atoms with Crippen molar-refractivity contribution in [2.45, 2.75) is 24.4 Å². The van der Waals surface area contributed by atoms with Crippen LogP contribution in [0.1, 0.15) is 22.8 Å². The second-order valence-electron chi connectivity index (χ2n) is 6.81. The Hall–Kier alpha value is -3.65. The Morgan fingerprint density at radius 2 is 1.77 bits per heavy atom. The van der Waals surface area contributed by atoms with Crippen molar-refractivity contribution in [3.05, 3.63) is 84.2 Å². The van der Waals surface area contributed by atoms with Crippen LogP contribution in [0.5, 0.6) is 0 Å². The van der Waals surface area contributed by atoms with Crippen molar-refractivity contribution in [3.8, 4) is 11.4 Å². The van der Waals surface area contributed by atoms with Crippen molar-refractivity contribution >= 4 is 29.0 Å². The number of carbonyl (C=O) groups is 1. The van der Waals surface area contributed by atoms with Gasteiger partial charge in [-0.1, -0.05) is 36.0 Å². The number of hydrogen-bond acceptors (Lipinski definition) is 6. The summed E-state index contributed by atoms with van der Waals surface area (Å²) in [5, 5.41) is 12.4. The molecule has 7 nitrogen and oxygen atoms in total. The van der Waals surface area contributed by atoms with Gasteiger partial charge in [-0.25, -0.2) is 0 Å². The summed E-state index contributed by atoms with van der Waals surface area (Å²) in [6, 6.07) is 18.6. The lowest BCUT2D eigenvalue weighted by Gasteiger charge is -2.09. The van der Waals surface area contributed by atoms with Gasteiger partial charge in [-0.3, -0.25) is 9.78 Å². The molecule has 2 aromatic heterocycles. The third kappa shape index (κ3) is 4.75. The third-order valence-corrected chi connectivity index (χ3v) is 5.80. The zero-order valence-corrected chi connectivity index (χ0v) is 17.8. The molecule has 1 amide bonds. The minimum Gasteiger partial charge on any atom is -0.397 e. The van der Waals surface area contributed by atoms with Crippen LogP contribution in [-0.2, 0) is 12.3 Å². The fraction of sp³-hybridized carbons (Fsp3) is 0.130. The normalized spacial score (nSPS) is 10.7. The van der Waals surface area contributed by atoms with Crippen molar-refractivity contribution in [2.24, 2.45) is 0 Å². The first-order valence-corrected chi connectivity index (χ1v) is 10.9. The number of anilines is 2. The summed E-state index contributed by atoms with van der Waals surface area (Å²) in [5.41, 5.74) is 9.70. The van der Waals surface area contributed by atoms with Crippen molar-refractivity contribution in [1.29, 1.82) is 0 Å². The number of nitrogens with zero attached hydrogens (tertiary/aromatic N) is 4. The fourth-order valence-electron chi connectivity index (χ4n) is 3.10. The lowest BCUT2D eigenvalue weighted by molar-refractivity contribution is 0.102. The van der Waals surface area contributed by atoms with E-state index in [0.29, 0.717) is 16.9 Å². The van der Waals surface area contributed by atoms with E-state index in [1.54, 1.807) is 36.3 Å². The molecule has 2 heterocycles. The minimum atomic E-state index is -0.190. The number of nitrogens with one attached hydrogen (secondary N) is 1. The number of aromatic nitrogens is 4. The van der Waals surface area contributed by atoms with Crippen LogP contribution in [0.2, 0.25) is 0 Å². The van der Waals surface area contributed by atoms with Gasteiger partial charge in [0.15, 0.2) is 11.0 Å². The summed E-state index contributed by atoms with van der Waals surface area (Å²) in [5.74, 6) is 1.37. The Morgan fingerprint density at radius 1 is 1.03 bits per heavy atom. The molecule has 31 heavy (non-hydrogen) atoms. The zero-order valence-electron chi connectivity index (χ0n) is 17.0. The highest BCUT2D eigenvalue weighted by Gasteiger charge is 2.13. The highest BCUT2D eigenvalue weighted by molar-refractivity contribution is 7.98. The van der Waals surface area contributed by atoms with E-state index in [9.17, 15) is 4.79 Å². The topological polar surface area (TPSA) is 98.7 Å². The number of benzene rings is 2. The number of carbonyl (C=O) groups excluding carboxylic acids is 1. The molecule has 0 bridgehead atoms. The molecule has 0 fully saturated rings. The Balaban J connectivity index is 1.41. The lowest BCUT2D eigenvalue weighted by Crippen LogP contribution is -2.13. The summed E-state index contributed by atoms with van der Waals surface area (Å²) in [7, 11) is 0. The second-order valence-corrected chi connectivity index (χ2v) is 7.76. The molecule has 0 saturated heterocycles. The number of nitrogen functional groups attached to an aromatic ring is 1. The van der Waals surface area contributed by atoms with E-state index in [-0.39, 0.29) is 5.91 Å². The van der Waals surface area contributed by atoms with Crippen LogP contribution in [0.15, 0.2) is 78.2 Å². The molecule has 0 radical (unpaired) electrons. The van der Waals surface area contributed by atoms with E-state index >= 15 is 0 Å². The van der Waals surface area contributed by atoms with E-state index in [4.69, 9.17) is 5.73 Å². The van der Waals surface area contributed by atoms with E-state index in [1.807, 2.05) is 48.5 Å². The van der Waals surface area contributed by atoms with Crippen molar-refractivity contribution in [2.75, 3.05) is 11.1 Å². The molecular formula is C23H22N6OS. The van der Waals surface area contributed by atoms with Gasteiger partial charge >= 0.3 is 0 Å². The number of rotatable bonds is 7. The van der Waals surface area contributed by atoms with E-state index < -0.39 is 0 Å². The maximum Gasteiger partial charge on any atom is 0.255 e. The van der Waals surface area contributed by atoms with Gasteiger partial charge in [-0.15, -0.1) is 10.2 Å². The molecule has 0 unspecified atom stereocenters. The Morgan fingerprint density at radius 3 is 2.48 bits per heavy atom. The van der Waals surface area contributed by atoms with Crippen molar-refractivity contribution in [3.63, 3.8) is 0 Å². The Labute approximate surface area is 184 Å². The number of hydrogen-bond donors (Lipinski definition) is 2. The molecule has 0 aliphatic carbocycles. The Bertz CT molecular complexity index is 1170. The van der Waals surface area contributed by atoms with Crippen LogP contribution < -0.4 is 11.1 Å². The maximum atomic E-state index is 12.5. The zero-order chi connectivity index (χ0) is 21.6. The molecule has 4 rings (SSSR count). The van der Waals surface area contributed by atoms with Crippen LogP contribution in [0.4, 0.5) is 11.4 Å². The van der Waals surface area contributed by atoms with Crippen LogP contribution in [0.3, 0.4) is 0 Å². The van der Waals surface area contributed by atoms with Crippen LogP contribution in [0.25, 0.3) is 11.4 Å². The summed E-state index contributed by atoms with van der Waals surface area (Å²) >= 11 is 1.62. The summed E-state index contributed by atoms with van der Waals surface area (Å²) in [4.78, 5) is 16.5. The highest BCUT2D eigenvalue weighted by atomic mass is 32.2. The van der Waals surface area contributed by atoms with Gasteiger partial charge in [0.2, 0.25) is 0 Å². The monoisotopic (exact) mass is 430 g/mol. The van der Waals surface area contributed by atoms with Gasteiger partial charge in [0.1, 0.15) is 0 Å². The first-order valence-electron chi connectivity index (χ1n) is 9.87. The van der Waals surface area contributed by atoms with E-state index in [0.717, 1.165) is 34.4 Å². The Kier molecular flexibility index (Phi) is 6.28. The average Bonchev–Trinajstić information content (AvgIpc) is 3.23. The standard InChI is InChI=1S/C23H22N6OS/c1-2-29-21(17-11-13-25-14-12-17)27-28-23(29)31-15-16-7-9-18(10-8-16)22(30)26-20-6-4-3-5-19(20)24/h3-14H,2,15,24H2,1H3,(H,26,30). The van der Waals surface area contributed by atoms with Crippen LogP contribution in [0, 0.1) is 0 Å². The van der Waals surface area contributed by atoms with Gasteiger partial charge < -0.3 is 15.6 Å². The van der Waals surface area contributed by atoms with E-state index in [1.165, 1.54) is 0 Å². The SMILES string of the molecule is CCn1c(SCc2ccc(C(=O)Nc3ccccc3N)cc2)nnc1-c1ccncc1. The first-order chi connectivity index (χ1) is 15.2. The number of thioether (sulfide) groups is 1. The third-order valence-electron chi connectivity index (χ3n) is 4.76. The van der Waals surface area contributed by atoms with Crippen LogP contribution >= 0.6 is 11.8 Å². The number of nitrogens with two attached hydrogens (primary N) is 1. The van der Waals surface area contributed by atoms with Crippen molar-refractivity contribution < 1.29 is 4.79 Å². The molecule has 8 heteroatoms. The predicted octanol–water partition coefficient (Wildman–Crippen LogP) is 4.49. The second kappa shape index (κ2) is 9.44. The quantitative estimate of drug-likeness (QED) is 0.331. The molecule has 0 atom stereocenters. The molecule has 0 saturated carbocycles. The fourth-order valence-corrected chi connectivity index (χ4v) is 4.06. The van der Waals surface area contributed by atoms with Gasteiger partial charge in [-0.2, -0.15) is 0 Å². The molecule has 0 spiro atoms. The van der Waals surface area contributed by atoms with E-state index in [2.05, 4.69) is 32.0 Å². The minimum absolute atomic E-state index is 0.190. The number of amides is 1. The largest absolute Gasteiger partial charge is 0.397 e. The molecular weight excluding hydrogens is 408 g/mol. The predicted molar refractivity (Wildman–Crippen MR) is 124 cm³/mol. The van der Waals surface area contributed by atoms with Gasteiger partial charge in [-0.05, 0) is 48.9 Å². The molecule has 156 valence electrons. The summed E-state index contributed by atoms with van der Waals surface area (Å²) < 4.78 is 2.09. The summed E-state index contributed by atoms with van der Waals surface area (Å²) in [6.45, 7) is 2.85. The highest BCUT2D eigenvalue weighted by Crippen LogP contribution is 2.26. The van der Waals surface area contributed by atoms with Crippen molar-refractivity contribution in [1.82, 2.24) is 19.7 Å².